The van der Waals surface area contributed by atoms with Gasteiger partial charge < -0.3 is 5.32 Å². The monoisotopic (exact) mass is 305 g/mol. The molecule has 0 aliphatic rings. The lowest BCUT2D eigenvalue weighted by Gasteiger charge is -2.20. The molecule has 0 aliphatic carbocycles. The molecule has 0 saturated carbocycles. The maximum Gasteiger partial charge on any atom is 0.142 e. The van der Waals surface area contributed by atoms with Crippen LogP contribution in [0.25, 0.3) is 0 Å². The Morgan fingerprint density at radius 2 is 1.90 bits per heavy atom. The fraction of sp³-hybridized carbons (Fsp3) is 0.333. The molecule has 0 aliphatic heterocycles. The molecule has 21 heavy (non-hydrogen) atoms. The van der Waals surface area contributed by atoms with Gasteiger partial charge in [0.2, 0.25) is 0 Å². The average molecular weight is 306 g/mol. The number of benzene rings is 2. The molecule has 2 aromatic carbocycles. The zero-order valence-corrected chi connectivity index (χ0v) is 13.5. The van der Waals surface area contributed by atoms with Crippen molar-refractivity contribution in [3.05, 3.63) is 69.5 Å². The lowest BCUT2D eigenvalue weighted by molar-refractivity contribution is 0.546. The molecule has 0 radical (unpaired) electrons. The summed E-state index contributed by atoms with van der Waals surface area (Å²) in [6, 6.07) is 11.6. The van der Waals surface area contributed by atoms with Crippen molar-refractivity contribution in [1.29, 1.82) is 0 Å². The van der Waals surface area contributed by atoms with Crippen LogP contribution in [-0.2, 0) is 6.42 Å². The van der Waals surface area contributed by atoms with E-state index in [4.69, 9.17) is 11.6 Å². The Balaban J connectivity index is 2.30. The van der Waals surface area contributed by atoms with E-state index in [0.717, 1.165) is 12.1 Å². The molecule has 2 rings (SSSR count). The minimum Gasteiger partial charge on any atom is -0.310 e. The molecule has 1 unspecified atom stereocenters. The van der Waals surface area contributed by atoms with E-state index in [1.807, 2.05) is 6.07 Å². The van der Waals surface area contributed by atoms with E-state index in [1.165, 1.54) is 22.8 Å². The van der Waals surface area contributed by atoms with Gasteiger partial charge in [0, 0.05) is 6.04 Å². The quantitative estimate of drug-likeness (QED) is 0.820. The van der Waals surface area contributed by atoms with E-state index >= 15 is 0 Å². The summed E-state index contributed by atoms with van der Waals surface area (Å²) in [5.41, 5.74) is 4.58. The molecule has 1 N–H and O–H groups in total. The Kier molecular flexibility index (Phi) is 5.38. The third-order valence-electron chi connectivity index (χ3n) is 3.84. The zero-order chi connectivity index (χ0) is 15.4. The van der Waals surface area contributed by atoms with Gasteiger partial charge in [-0.25, -0.2) is 4.39 Å². The summed E-state index contributed by atoms with van der Waals surface area (Å²) in [6.45, 7) is 7.13. The summed E-state index contributed by atoms with van der Waals surface area (Å²) >= 11 is 6.08. The molecule has 0 heterocycles. The van der Waals surface area contributed by atoms with Crippen LogP contribution < -0.4 is 5.32 Å². The summed E-state index contributed by atoms with van der Waals surface area (Å²) in [6.07, 6.45) is 0.674. The lowest BCUT2D eigenvalue weighted by Crippen LogP contribution is -2.23. The Morgan fingerprint density at radius 1 is 1.14 bits per heavy atom. The number of hydrogen-bond donors (Lipinski definition) is 1. The van der Waals surface area contributed by atoms with Gasteiger partial charge in [-0.15, -0.1) is 0 Å². The highest BCUT2D eigenvalue weighted by atomic mass is 35.5. The van der Waals surface area contributed by atoms with Crippen LogP contribution in [0.2, 0.25) is 5.02 Å². The van der Waals surface area contributed by atoms with Crippen LogP contribution >= 0.6 is 11.6 Å². The van der Waals surface area contributed by atoms with Crippen molar-refractivity contribution in [3.8, 4) is 0 Å². The van der Waals surface area contributed by atoms with Crippen molar-refractivity contribution in [2.75, 3.05) is 6.54 Å². The topological polar surface area (TPSA) is 12.0 Å². The minimum absolute atomic E-state index is 0.133. The van der Waals surface area contributed by atoms with Crippen LogP contribution in [0, 0.1) is 19.7 Å². The van der Waals surface area contributed by atoms with Crippen LogP contribution in [0.5, 0.6) is 0 Å². The van der Waals surface area contributed by atoms with Crippen LogP contribution in [0.4, 0.5) is 4.39 Å². The zero-order valence-electron chi connectivity index (χ0n) is 12.7. The molecule has 2 aromatic rings. The second-order valence-electron chi connectivity index (χ2n) is 5.37. The molecular formula is C18H21ClFN. The molecule has 112 valence electrons. The number of nitrogens with one attached hydrogen (secondary N) is 1. The van der Waals surface area contributed by atoms with Crippen molar-refractivity contribution < 1.29 is 4.39 Å². The van der Waals surface area contributed by atoms with Gasteiger partial charge in [0.25, 0.3) is 0 Å². The first-order valence-corrected chi connectivity index (χ1v) is 7.64. The van der Waals surface area contributed by atoms with Crippen molar-refractivity contribution in [2.45, 2.75) is 33.2 Å². The maximum absolute atomic E-state index is 13.6. The number of rotatable bonds is 5. The number of hydrogen-bond acceptors (Lipinski definition) is 1. The van der Waals surface area contributed by atoms with E-state index in [9.17, 15) is 4.39 Å². The third-order valence-corrected chi connectivity index (χ3v) is 4.26. The summed E-state index contributed by atoms with van der Waals surface area (Å²) in [5, 5.41) is 3.69. The van der Waals surface area contributed by atoms with Crippen LogP contribution in [0.3, 0.4) is 0 Å². The Morgan fingerprint density at radius 3 is 2.57 bits per heavy atom. The van der Waals surface area contributed by atoms with Gasteiger partial charge in [-0.3, -0.25) is 0 Å². The lowest BCUT2D eigenvalue weighted by atomic mass is 9.96. The molecule has 1 nitrogen and oxygen atoms in total. The molecule has 0 aromatic heterocycles. The molecule has 0 amide bonds. The van der Waals surface area contributed by atoms with Gasteiger partial charge in [0.15, 0.2) is 0 Å². The maximum atomic E-state index is 13.6. The normalized spacial score (nSPS) is 12.4. The Hall–Kier alpha value is -1.38. The second-order valence-corrected chi connectivity index (χ2v) is 5.75. The summed E-state index contributed by atoms with van der Waals surface area (Å²) in [7, 11) is 0. The SMILES string of the molecule is CCNC(Cc1cccc(F)c1Cl)c1ccc(C)c(C)c1. The smallest absolute Gasteiger partial charge is 0.142 e. The van der Waals surface area contributed by atoms with Crippen LogP contribution in [-0.4, -0.2) is 6.54 Å². The first-order chi connectivity index (χ1) is 10.0. The first-order valence-electron chi connectivity index (χ1n) is 7.26. The highest BCUT2D eigenvalue weighted by Crippen LogP contribution is 2.26. The fourth-order valence-corrected chi connectivity index (χ4v) is 2.66. The Labute approximate surface area is 131 Å². The van der Waals surface area contributed by atoms with E-state index in [2.05, 4.69) is 44.3 Å². The van der Waals surface area contributed by atoms with E-state index in [1.54, 1.807) is 6.07 Å². The minimum atomic E-state index is -0.357. The number of likely N-dealkylation sites (N-methyl/N-ethyl adjacent to an activating group) is 1. The van der Waals surface area contributed by atoms with Gasteiger partial charge in [0.05, 0.1) is 5.02 Å². The van der Waals surface area contributed by atoms with E-state index in [-0.39, 0.29) is 16.9 Å². The van der Waals surface area contributed by atoms with Gasteiger partial charge in [-0.1, -0.05) is 48.9 Å². The van der Waals surface area contributed by atoms with Crippen molar-refractivity contribution in [1.82, 2.24) is 5.32 Å². The van der Waals surface area contributed by atoms with Gasteiger partial charge >= 0.3 is 0 Å². The molecule has 0 spiro atoms. The van der Waals surface area contributed by atoms with Crippen LogP contribution in [0.1, 0.15) is 35.2 Å². The Bertz CT molecular complexity index is 625. The largest absolute Gasteiger partial charge is 0.310 e. The summed E-state index contributed by atoms with van der Waals surface area (Å²) < 4.78 is 13.6. The highest BCUT2D eigenvalue weighted by molar-refractivity contribution is 6.31. The predicted octanol–water partition coefficient (Wildman–Crippen LogP) is 4.99. The second kappa shape index (κ2) is 7.06. The predicted molar refractivity (Wildman–Crippen MR) is 87.4 cm³/mol. The fourth-order valence-electron chi connectivity index (χ4n) is 2.46. The van der Waals surface area contributed by atoms with Crippen molar-refractivity contribution >= 4 is 11.6 Å². The van der Waals surface area contributed by atoms with Crippen molar-refractivity contribution in [3.63, 3.8) is 0 Å². The van der Waals surface area contributed by atoms with Crippen molar-refractivity contribution in [2.24, 2.45) is 0 Å². The average Bonchev–Trinajstić information content (AvgIpc) is 2.46. The first kappa shape index (κ1) is 16.0. The van der Waals surface area contributed by atoms with Gasteiger partial charge in [0.1, 0.15) is 5.82 Å². The standard InChI is InChI=1S/C18H21ClFN/c1-4-21-17(14-9-8-12(2)13(3)10-14)11-15-6-5-7-16(20)18(15)19/h5-10,17,21H,4,11H2,1-3H3. The molecule has 0 bridgehead atoms. The van der Waals surface area contributed by atoms with Crippen LogP contribution in [0.15, 0.2) is 36.4 Å². The highest BCUT2D eigenvalue weighted by Gasteiger charge is 2.15. The summed E-state index contributed by atoms with van der Waals surface area (Å²) in [4.78, 5) is 0. The third kappa shape index (κ3) is 3.84. The van der Waals surface area contributed by atoms with E-state index in [0.29, 0.717) is 6.42 Å². The molecular weight excluding hydrogens is 285 g/mol. The molecule has 1 atom stereocenters. The van der Waals surface area contributed by atoms with Gasteiger partial charge in [-0.05, 0) is 55.1 Å². The van der Waals surface area contributed by atoms with Gasteiger partial charge in [-0.2, -0.15) is 0 Å². The number of aryl methyl sites for hydroxylation is 2. The molecule has 3 heteroatoms. The molecule has 0 saturated heterocycles. The molecule has 0 fully saturated rings. The van der Waals surface area contributed by atoms with E-state index < -0.39 is 0 Å². The number of halogens is 2. The summed E-state index contributed by atoms with van der Waals surface area (Å²) in [5.74, 6) is -0.357.